The number of anilines is 2. The molecule has 0 atom stereocenters. The minimum absolute atomic E-state index is 0.290. The summed E-state index contributed by atoms with van der Waals surface area (Å²) in [5.41, 5.74) is 1.31. The molecule has 6 heteroatoms. The van der Waals surface area contributed by atoms with E-state index in [9.17, 15) is 4.79 Å². The maximum atomic E-state index is 10.8. The van der Waals surface area contributed by atoms with Crippen molar-refractivity contribution in [3.63, 3.8) is 0 Å². The van der Waals surface area contributed by atoms with E-state index in [2.05, 4.69) is 9.97 Å². The first kappa shape index (κ1) is 14.8. The number of rotatable bonds is 5. The molecule has 0 radical (unpaired) electrons. The molecule has 0 saturated carbocycles. The first-order valence-electron chi connectivity index (χ1n) is 6.51. The van der Waals surface area contributed by atoms with Gasteiger partial charge < -0.3 is 14.9 Å². The van der Waals surface area contributed by atoms with Gasteiger partial charge in [0.15, 0.2) is 0 Å². The monoisotopic (exact) mass is 286 g/mol. The van der Waals surface area contributed by atoms with Crippen LogP contribution in [0.2, 0.25) is 0 Å². The van der Waals surface area contributed by atoms with Gasteiger partial charge in [-0.05, 0) is 23.8 Å². The van der Waals surface area contributed by atoms with Crippen molar-refractivity contribution in [1.29, 1.82) is 0 Å². The molecule has 1 heterocycles. The van der Waals surface area contributed by atoms with Crippen molar-refractivity contribution in [1.82, 2.24) is 9.97 Å². The smallest absolute Gasteiger partial charge is 0.335 e. The summed E-state index contributed by atoms with van der Waals surface area (Å²) < 4.78 is 0. The van der Waals surface area contributed by atoms with Gasteiger partial charge in [-0.1, -0.05) is 12.1 Å². The summed E-state index contributed by atoms with van der Waals surface area (Å²) >= 11 is 0. The Morgan fingerprint density at radius 2 is 1.81 bits per heavy atom. The number of nitrogens with zero attached hydrogens (tertiary/aromatic N) is 4. The van der Waals surface area contributed by atoms with Crippen LogP contribution < -0.4 is 9.80 Å². The molecule has 0 amide bonds. The molecule has 1 aromatic heterocycles. The van der Waals surface area contributed by atoms with Crippen molar-refractivity contribution in [3.8, 4) is 0 Å². The van der Waals surface area contributed by atoms with E-state index in [1.54, 1.807) is 18.3 Å². The van der Waals surface area contributed by atoms with E-state index in [-0.39, 0.29) is 0 Å². The number of hydrogen-bond donors (Lipinski definition) is 1. The molecular formula is C15H18N4O2. The molecule has 21 heavy (non-hydrogen) atoms. The van der Waals surface area contributed by atoms with Crippen molar-refractivity contribution in [2.24, 2.45) is 0 Å². The fraction of sp³-hybridized carbons (Fsp3) is 0.267. The van der Waals surface area contributed by atoms with Crippen LogP contribution in [0.1, 0.15) is 15.9 Å². The van der Waals surface area contributed by atoms with Crippen LogP contribution in [0.4, 0.5) is 11.8 Å². The van der Waals surface area contributed by atoms with Gasteiger partial charge in [0.25, 0.3) is 0 Å². The van der Waals surface area contributed by atoms with Crippen LogP contribution >= 0.6 is 0 Å². The standard InChI is InChI=1S/C15H18N4O2/c1-18(2)15-16-9-8-13(17-15)19(3)10-11-4-6-12(7-5-11)14(20)21/h4-9H,10H2,1-3H3,(H,20,21). The van der Waals surface area contributed by atoms with Gasteiger partial charge in [0.2, 0.25) is 5.95 Å². The molecule has 2 rings (SSSR count). The molecule has 0 bridgehead atoms. The van der Waals surface area contributed by atoms with Gasteiger partial charge in [-0.2, -0.15) is 4.98 Å². The summed E-state index contributed by atoms with van der Waals surface area (Å²) in [5, 5.41) is 8.89. The van der Waals surface area contributed by atoms with Crippen LogP contribution in [0.5, 0.6) is 0 Å². The fourth-order valence-electron chi connectivity index (χ4n) is 1.87. The third-order valence-electron chi connectivity index (χ3n) is 3.04. The first-order valence-corrected chi connectivity index (χ1v) is 6.51. The second kappa shape index (κ2) is 6.21. The topological polar surface area (TPSA) is 69.6 Å². The highest BCUT2D eigenvalue weighted by Crippen LogP contribution is 2.15. The predicted octanol–water partition coefficient (Wildman–Crippen LogP) is 1.88. The Morgan fingerprint density at radius 3 is 2.38 bits per heavy atom. The Balaban J connectivity index is 2.12. The summed E-state index contributed by atoms with van der Waals surface area (Å²) in [6.45, 7) is 0.643. The summed E-state index contributed by atoms with van der Waals surface area (Å²) in [6.07, 6.45) is 1.72. The van der Waals surface area contributed by atoms with Crippen molar-refractivity contribution >= 4 is 17.7 Å². The van der Waals surface area contributed by atoms with Crippen molar-refractivity contribution in [2.45, 2.75) is 6.54 Å². The molecule has 0 aliphatic heterocycles. The van der Waals surface area contributed by atoms with Crippen LogP contribution in [0, 0.1) is 0 Å². The number of hydrogen-bond acceptors (Lipinski definition) is 5. The molecule has 110 valence electrons. The fourth-order valence-corrected chi connectivity index (χ4v) is 1.87. The van der Waals surface area contributed by atoms with Gasteiger partial charge in [-0.25, -0.2) is 9.78 Å². The molecule has 0 spiro atoms. The molecule has 1 N–H and O–H groups in total. The van der Waals surface area contributed by atoms with Crippen LogP contribution in [0.3, 0.4) is 0 Å². The van der Waals surface area contributed by atoms with E-state index in [0.29, 0.717) is 18.1 Å². The van der Waals surface area contributed by atoms with E-state index >= 15 is 0 Å². The van der Waals surface area contributed by atoms with Crippen LogP contribution in [0.25, 0.3) is 0 Å². The lowest BCUT2D eigenvalue weighted by atomic mass is 10.1. The van der Waals surface area contributed by atoms with Crippen LogP contribution in [-0.2, 0) is 6.54 Å². The molecule has 0 saturated heterocycles. The van der Waals surface area contributed by atoms with E-state index in [0.717, 1.165) is 11.4 Å². The highest BCUT2D eigenvalue weighted by molar-refractivity contribution is 5.87. The highest BCUT2D eigenvalue weighted by atomic mass is 16.4. The maximum absolute atomic E-state index is 10.8. The highest BCUT2D eigenvalue weighted by Gasteiger charge is 2.07. The Morgan fingerprint density at radius 1 is 1.14 bits per heavy atom. The van der Waals surface area contributed by atoms with Gasteiger partial charge in [-0.3, -0.25) is 0 Å². The van der Waals surface area contributed by atoms with Gasteiger partial charge in [-0.15, -0.1) is 0 Å². The van der Waals surface area contributed by atoms with Crippen molar-refractivity contribution in [2.75, 3.05) is 30.9 Å². The van der Waals surface area contributed by atoms with E-state index in [1.165, 1.54) is 0 Å². The largest absolute Gasteiger partial charge is 0.478 e. The third kappa shape index (κ3) is 3.68. The molecule has 6 nitrogen and oxygen atoms in total. The van der Waals surface area contributed by atoms with Gasteiger partial charge in [0.1, 0.15) is 5.82 Å². The number of carboxylic acid groups (broad SMARTS) is 1. The summed E-state index contributed by atoms with van der Waals surface area (Å²) in [5.74, 6) is 0.554. The summed E-state index contributed by atoms with van der Waals surface area (Å²) in [6, 6.07) is 8.69. The first-order chi connectivity index (χ1) is 9.97. The van der Waals surface area contributed by atoms with Crippen LogP contribution in [0.15, 0.2) is 36.5 Å². The lowest BCUT2D eigenvalue weighted by molar-refractivity contribution is 0.0697. The molecule has 2 aromatic rings. The molecule has 1 aromatic carbocycles. The molecule has 0 aliphatic carbocycles. The average Bonchev–Trinajstić information content (AvgIpc) is 2.48. The second-order valence-corrected chi connectivity index (χ2v) is 4.97. The van der Waals surface area contributed by atoms with Crippen molar-refractivity contribution < 1.29 is 9.90 Å². The number of aromatic carboxylic acids is 1. The lowest BCUT2D eigenvalue weighted by Gasteiger charge is -2.20. The zero-order chi connectivity index (χ0) is 15.4. The third-order valence-corrected chi connectivity index (χ3v) is 3.04. The minimum atomic E-state index is -0.915. The summed E-state index contributed by atoms with van der Waals surface area (Å²) in [7, 11) is 5.72. The van der Waals surface area contributed by atoms with E-state index in [1.807, 2.05) is 49.1 Å². The lowest BCUT2D eigenvalue weighted by Crippen LogP contribution is -2.20. The van der Waals surface area contributed by atoms with E-state index in [4.69, 9.17) is 5.11 Å². The Labute approximate surface area is 123 Å². The SMILES string of the molecule is CN(C)c1nccc(N(C)Cc2ccc(C(=O)O)cc2)n1. The van der Waals surface area contributed by atoms with Crippen LogP contribution in [-0.4, -0.2) is 42.2 Å². The molecule has 0 unspecified atom stereocenters. The Bertz CT molecular complexity index is 626. The number of benzene rings is 1. The molecule has 0 fully saturated rings. The minimum Gasteiger partial charge on any atom is -0.478 e. The predicted molar refractivity (Wildman–Crippen MR) is 81.9 cm³/mol. The Hall–Kier alpha value is -2.63. The zero-order valence-electron chi connectivity index (χ0n) is 12.3. The summed E-state index contributed by atoms with van der Waals surface area (Å²) in [4.78, 5) is 23.3. The normalized spacial score (nSPS) is 10.2. The zero-order valence-corrected chi connectivity index (χ0v) is 12.3. The second-order valence-electron chi connectivity index (χ2n) is 4.97. The van der Waals surface area contributed by atoms with E-state index < -0.39 is 5.97 Å². The quantitative estimate of drug-likeness (QED) is 0.905. The number of carbonyl (C=O) groups is 1. The van der Waals surface area contributed by atoms with Crippen molar-refractivity contribution in [3.05, 3.63) is 47.7 Å². The molecule has 0 aliphatic rings. The van der Waals surface area contributed by atoms with Gasteiger partial charge in [0, 0.05) is 33.9 Å². The number of carboxylic acids is 1. The molecular weight excluding hydrogens is 268 g/mol. The van der Waals surface area contributed by atoms with Gasteiger partial charge >= 0.3 is 5.97 Å². The number of aromatic nitrogens is 2. The van der Waals surface area contributed by atoms with Gasteiger partial charge in [0.05, 0.1) is 5.56 Å². The Kier molecular flexibility index (Phi) is 4.37. The average molecular weight is 286 g/mol. The maximum Gasteiger partial charge on any atom is 0.335 e.